The minimum atomic E-state index is -4.39. The normalized spacial score (nSPS) is 20.8. The summed E-state index contributed by atoms with van der Waals surface area (Å²) in [5, 5.41) is 2.89. The zero-order valence-corrected chi connectivity index (χ0v) is 17.6. The van der Waals surface area contributed by atoms with Crippen molar-refractivity contribution in [2.24, 2.45) is 0 Å². The van der Waals surface area contributed by atoms with Crippen LogP contribution in [0.4, 0.5) is 13.2 Å². The van der Waals surface area contributed by atoms with Crippen molar-refractivity contribution in [3.8, 4) is 0 Å². The first-order valence-electron chi connectivity index (χ1n) is 10.2. The van der Waals surface area contributed by atoms with Crippen LogP contribution in [0.15, 0.2) is 54.6 Å². The molecule has 2 fully saturated rings. The average Bonchev–Trinajstić information content (AvgIpc) is 2.76. The molecule has 0 radical (unpaired) electrons. The van der Waals surface area contributed by atoms with Gasteiger partial charge in [0.05, 0.1) is 18.0 Å². The van der Waals surface area contributed by atoms with Gasteiger partial charge in [0.1, 0.15) is 5.54 Å². The number of rotatable bonds is 5. The van der Waals surface area contributed by atoms with E-state index in [0.29, 0.717) is 24.8 Å². The van der Waals surface area contributed by atoms with Gasteiger partial charge < -0.3 is 10.2 Å². The fraction of sp³-hybridized carbons (Fsp3) is 0.391. The molecule has 0 saturated carbocycles. The fourth-order valence-corrected chi connectivity index (χ4v) is 5.51. The van der Waals surface area contributed by atoms with Crippen molar-refractivity contribution < 1.29 is 22.8 Å². The van der Waals surface area contributed by atoms with Crippen LogP contribution in [-0.4, -0.2) is 33.8 Å². The highest BCUT2D eigenvalue weighted by Gasteiger charge is 2.54. The molecule has 1 unspecified atom stereocenters. The third kappa shape index (κ3) is 4.31. The van der Waals surface area contributed by atoms with Gasteiger partial charge >= 0.3 is 6.18 Å². The molecule has 2 aromatic rings. The Morgan fingerprint density at radius 2 is 1.71 bits per heavy atom. The highest BCUT2D eigenvalue weighted by Crippen LogP contribution is 2.45. The Kier molecular flexibility index (Phi) is 6.01. The molecular formula is C23H23F3N2O2S. The Morgan fingerprint density at radius 1 is 1.06 bits per heavy atom. The van der Waals surface area contributed by atoms with Crippen LogP contribution >= 0.6 is 11.8 Å². The van der Waals surface area contributed by atoms with Crippen molar-refractivity contribution in [2.75, 3.05) is 11.5 Å². The summed E-state index contributed by atoms with van der Waals surface area (Å²) >= 11 is 1.76. The van der Waals surface area contributed by atoms with E-state index in [9.17, 15) is 22.8 Å². The molecule has 31 heavy (non-hydrogen) atoms. The lowest BCUT2D eigenvalue weighted by molar-refractivity contribution is -0.166. The van der Waals surface area contributed by atoms with Gasteiger partial charge in [0.25, 0.3) is 0 Å². The number of alkyl halides is 3. The van der Waals surface area contributed by atoms with E-state index in [1.807, 2.05) is 30.3 Å². The van der Waals surface area contributed by atoms with Crippen LogP contribution in [0.5, 0.6) is 0 Å². The predicted octanol–water partition coefficient (Wildman–Crippen LogP) is 4.56. The van der Waals surface area contributed by atoms with Gasteiger partial charge in [-0.1, -0.05) is 42.5 Å². The molecule has 8 heteroatoms. The molecule has 0 aliphatic carbocycles. The van der Waals surface area contributed by atoms with Crippen LogP contribution in [0.2, 0.25) is 0 Å². The summed E-state index contributed by atoms with van der Waals surface area (Å²) in [7, 11) is 0. The molecule has 4 rings (SSSR count). The highest BCUT2D eigenvalue weighted by molar-refractivity contribution is 7.99. The minimum absolute atomic E-state index is 0.0366. The van der Waals surface area contributed by atoms with E-state index in [1.54, 1.807) is 16.7 Å². The van der Waals surface area contributed by atoms with Crippen molar-refractivity contribution in [1.29, 1.82) is 0 Å². The number of halogens is 3. The molecule has 164 valence electrons. The molecule has 2 amide bonds. The second-order valence-electron chi connectivity index (χ2n) is 7.92. The first-order chi connectivity index (χ1) is 14.8. The molecule has 0 aromatic heterocycles. The molecule has 4 nitrogen and oxygen atoms in total. The predicted molar refractivity (Wildman–Crippen MR) is 113 cm³/mol. The van der Waals surface area contributed by atoms with E-state index >= 15 is 0 Å². The molecule has 2 heterocycles. The number of carbonyl (C=O) groups excluding carboxylic acids is 2. The first kappa shape index (κ1) is 21.7. The maximum Gasteiger partial charge on any atom is 0.416 e. The third-order valence-corrected chi connectivity index (χ3v) is 7.06. The maximum atomic E-state index is 13.4. The van der Waals surface area contributed by atoms with Crippen LogP contribution in [0.3, 0.4) is 0 Å². The number of hydrogen-bond acceptors (Lipinski definition) is 3. The Morgan fingerprint density at radius 3 is 2.29 bits per heavy atom. The molecule has 2 aliphatic heterocycles. The Bertz CT molecular complexity index is 942. The van der Waals surface area contributed by atoms with Crippen LogP contribution in [0, 0.1) is 0 Å². The minimum Gasteiger partial charge on any atom is -0.350 e. The van der Waals surface area contributed by atoms with E-state index in [-0.39, 0.29) is 24.4 Å². The number of likely N-dealkylation sites (tertiary alicyclic amines) is 1. The molecule has 1 atom stereocenters. The summed E-state index contributed by atoms with van der Waals surface area (Å²) in [6, 6.07) is 14.3. The third-order valence-electron chi connectivity index (χ3n) is 6.07. The maximum absolute atomic E-state index is 13.4. The van der Waals surface area contributed by atoms with E-state index in [2.05, 4.69) is 5.32 Å². The summed E-state index contributed by atoms with van der Waals surface area (Å²) in [5.74, 6) is 1.28. The summed E-state index contributed by atoms with van der Waals surface area (Å²) in [4.78, 5) is 27.8. The SMILES string of the molecule is O=C1CC(c2ccccc2)N1C1(C(=O)NCc2ccc(C(F)(F)F)cc2)CCSCC1. The van der Waals surface area contributed by atoms with Crippen molar-refractivity contribution >= 4 is 23.6 Å². The number of amides is 2. The number of β-lactam (4-membered cyclic amide) rings is 1. The molecule has 2 aromatic carbocycles. The highest BCUT2D eigenvalue weighted by atomic mass is 32.2. The summed E-state index contributed by atoms with van der Waals surface area (Å²) in [6.45, 7) is 0.115. The molecular weight excluding hydrogens is 425 g/mol. The number of thioether (sulfide) groups is 1. The van der Waals surface area contributed by atoms with Gasteiger partial charge in [-0.25, -0.2) is 0 Å². The standard InChI is InChI=1S/C23H23F3N2O2S/c24-23(25,26)18-8-6-16(7-9-18)15-27-21(30)22(10-12-31-13-11-22)28-19(14-20(28)29)17-4-2-1-3-5-17/h1-9,19H,10-15H2,(H,27,30). The van der Waals surface area contributed by atoms with Gasteiger partial charge in [0.15, 0.2) is 0 Å². The monoisotopic (exact) mass is 448 g/mol. The molecule has 2 saturated heterocycles. The summed E-state index contributed by atoms with van der Waals surface area (Å²) < 4.78 is 38.3. The van der Waals surface area contributed by atoms with E-state index < -0.39 is 17.3 Å². The zero-order valence-electron chi connectivity index (χ0n) is 16.8. The number of benzene rings is 2. The van der Waals surface area contributed by atoms with Crippen molar-refractivity contribution in [2.45, 2.75) is 43.6 Å². The molecule has 0 spiro atoms. The van der Waals surface area contributed by atoms with Crippen molar-refractivity contribution in [3.63, 3.8) is 0 Å². The molecule has 0 bridgehead atoms. The lowest BCUT2D eigenvalue weighted by Crippen LogP contribution is -2.67. The fourth-order valence-electron chi connectivity index (χ4n) is 4.34. The smallest absolute Gasteiger partial charge is 0.350 e. The number of nitrogens with zero attached hydrogens (tertiary/aromatic N) is 1. The lowest BCUT2D eigenvalue weighted by atomic mass is 9.80. The van der Waals surface area contributed by atoms with Crippen LogP contribution in [0.25, 0.3) is 0 Å². The summed E-state index contributed by atoms with van der Waals surface area (Å²) in [6.07, 6.45) is -2.89. The van der Waals surface area contributed by atoms with Crippen LogP contribution in [-0.2, 0) is 22.3 Å². The van der Waals surface area contributed by atoms with Crippen LogP contribution in [0.1, 0.15) is 42.0 Å². The van der Waals surface area contributed by atoms with Gasteiger partial charge in [-0.2, -0.15) is 24.9 Å². The topological polar surface area (TPSA) is 49.4 Å². The van der Waals surface area contributed by atoms with Gasteiger partial charge in [-0.15, -0.1) is 0 Å². The van der Waals surface area contributed by atoms with E-state index in [1.165, 1.54) is 12.1 Å². The number of nitrogens with one attached hydrogen (secondary N) is 1. The molecule has 1 N–H and O–H groups in total. The average molecular weight is 449 g/mol. The van der Waals surface area contributed by atoms with Crippen molar-refractivity contribution in [1.82, 2.24) is 10.2 Å². The Hall–Kier alpha value is -2.48. The van der Waals surface area contributed by atoms with Crippen molar-refractivity contribution in [3.05, 3.63) is 71.3 Å². The quantitative estimate of drug-likeness (QED) is 0.683. The van der Waals surface area contributed by atoms with Gasteiger partial charge in [-0.05, 0) is 47.6 Å². The Labute approximate surface area is 183 Å². The van der Waals surface area contributed by atoms with E-state index in [0.717, 1.165) is 29.2 Å². The second-order valence-corrected chi connectivity index (χ2v) is 9.14. The number of carbonyl (C=O) groups is 2. The molecule has 2 aliphatic rings. The lowest BCUT2D eigenvalue weighted by Gasteiger charge is -2.54. The largest absolute Gasteiger partial charge is 0.416 e. The second kappa shape index (κ2) is 8.57. The van der Waals surface area contributed by atoms with Crippen LogP contribution < -0.4 is 5.32 Å². The van der Waals surface area contributed by atoms with E-state index in [4.69, 9.17) is 0 Å². The summed E-state index contributed by atoms with van der Waals surface area (Å²) in [5.41, 5.74) is -0.0563. The Balaban J connectivity index is 1.52. The van der Waals surface area contributed by atoms with Gasteiger partial charge in [0, 0.05) is 6.54 Å². The zero-order chi connectivity index (χ0) is 22.1. The number of hydrogen-bond donors (Lipinski definition) is 1. The van der Waals surface area contributed by atoms with Gasteiger partial charge in [0.2, 0.25) is 11.8 Å². The van der Waals surface area contributed by atoms with Gasteiger partial charge in [-0.3, -0.25) is 9.59 Å². The first-order valence-corrected chi connectivity index (χ1v) is 11.4.